The zero-order chi connectivity index (χ0) is 15.5. The Morgan fingerprint density at radius 1 is 1.41 bits per heavy atom. The van der Waals surface area contributed by atoms with Crippen LogP contribution in [0.5, 0.6) is 0 Å². The maximum atomic E-state index is 11.8. The molecule has 7 heteroatoms. The van der Waals surface area contributed by atoms with Crippen LogP contribution in [-0.2, 0) is 20.9 Å². The molecule has 2 aliphatic rings. The average Bonchev–Trinajstić information content (AvgIpc) is 3.23. The Kier molecular flexibility index (Phi) is 4.42. The molecule has 1 saturated heterocycles. The minimum Gasteiger partial charge on any atom is -0.481 e. The zero-order valence-corrected chi connectivity index (χ0v) is 12.4. The molecule has 2 heterocycles. The maximum Gasteiger partial charge on any atom is 0.309 e. The van der Waals surface area contributed by atoms with Crippen molar-refractivity contribution >= 4 is 11.9 Å². The van der Waals surface area contributed by atoms with E-state index in [1.54, 1.807) is 12.4 Å². The number of carboxylic acid groups (broad SMARTS) is 1. The monoisotopic (exact) mass is 307 g/mol. The van der Waals surface area contributed by atoms with E-state index in [1.165, 1.54) is 17.5 Å². The lowest BCUT2D eigenvalue weighted by atomic mass is 9.91. The van der Waals surface area contributed by atoms with Gasteiger partial charge in [0.25, 0.3) is 0 Å². The molecule has 0 spiro atoms. The predicted octanol–water partition coefficient (Wildman–Crippen LogP) is 0.962. The lowest BCUT2D eigenvalue weighted by Crippen LogP contribution is -2.29. The van der Waals surface area contributed by atoms with Gasteiger partial charge in [-0.05, 0) is 31.6 Å². The molecule has 2 N–H and O–H groups in total. The molecule has 0 bridgehead atoms. The molecule has 1 aliphatic carbocycles. The molecule has 22 heavy (non-hydrogen) atoms. The molecule has 2 atom stereocenters. The van der Waals surface area contributed by atoms with Gasteiger partial charge in [0.05, 0.1) is 18.2 Å². The normalized spacial score (nSPS) is 24.9. The van der Waals surface area contributed by atoms with Gasteiger partial charge in [0, 0.05) is 24.9 Å². The number of rotatable bonds is 6. The van der Waals surface area contributed by atoms with Crippen LogP contribution >= 0.6 is 0 Å². The molecule has 1 saturated carbocycles. The van der Waals surface area contributed by atoms with Crippen LogP contribution < -0.4 is 5.32 Å². The van der Waals surface area contributed by atoms with E-state index >= 15 is 0 Å². The number of carboxylic acids is 1. The largest absolute Gasteiger partial charge is 0.481 e. The number of ether oxygens (including phenoxy) is 1. The number of hydrogen-bond donors (Lipinski definition) is 2. The highest BCUT2D eigenvalue weighted by atomic mass is 16.5. The quantitative estimate of drug-likeness (QED) is 0.816. The molecule has 1 aromatic rings. The average molecular weight is 307 g/mol. The Morgan fingerprint density at radius 2 is 2.23 bits per heavy atom. The van der Waals surface area contributed by atoms with Gasteiger partial charge < -0.3 is 15.2 Å². The van der Waals surface area contributed by atoms with E-state index in [-0.39, 0.29) is 12.5 Å². The van der Waals surface area contributed by atoms with Gasteiger partial charge in [0.15, 0.2) is 0 Å². The molecule has 1 aliphatic heterocycles. The van der Waals surface area contributed by atoms with E-state index < -0.39 is 18.0 Å². The van der Waals surface area contributed by atoms with Crippen molar-refractivity contribution in [3.8, 4) is 0 Å². The fraction of sp³-hybridized carbons (Fsp3) is 0.667. The molecule has 7 nitrogen and oxygen atoms in total. The van der Waals surface area contributed by atoms with Crippen LogP contribution in [0.1, 0.15) is 37.4 Å². The SMILES string of the molecule is O=C(Cn1cc([C@@H]2OCCC[C@H]2C(=O)O)cn1)NCC1CC1. The third-order valence-electron chi connectivity index (χ3n) is 4.21. The summed E-state index contributed by atoms with van der Waals surface area (Å²) in [6.45, 7) is 1.44. The molecule has 0 unspecified atom stereocenters. The number of carbonyl (C=O) groups is 2. The van der Waals surface area contributed by atoms with Crippen LogP contribution in [0.4, 0.5) is 0 Å². The number of aromatic nitrogens is 2. The third-order valence-corrected chi connectivity index (χ3v) is 4.21. The summed E-state index contributed by atoms with van der Waals surface area (Å²) >= 11 is 0. The van der Waals surface area contributed by atoms with Gasteiger partial charge in [-0.2, -0.15) is 5.10 Å². The first kappa shape index (κ1) is 15.0. The number of nitrogens with one attached hydrogen (secondary N) is 1. The van der Waals surface area contributed by atoms with E-state index in [1.807, 2.05) is 0 Å². The Morgan fingerprint density at radius 3 is 2.95 bits per heavy atom. The smallest absolute Gasteiger partial charge is 0.309 e. The van der Waals surface area contributed by atoms with Crippen LogP contribution in [0.3, 0.4) is 0 Å². The second-order valence-corrected chi connectivity index (χ2v) is 6.10. The Labute approximate surface area is 128 Å². The molecule has 3 rings (SSSR count). The lowest BCUT2D eigenvalue weighted by molar-refractivity contribution is -0.152. The van der Waals surface area contributed by atoms with Gasteiger partial charge in [-0.3, -0.25) is 14.3 Å². The molecule has 0 aromatic carbocycles. The summed E-state index contributed by atoms with van der Waals surface area (Å²) < 4.78 is 7.14. The van der Waals surface area contributed by atoms with Crippen LogP contribution in [-0.4, -0.2) is 39.9 Å². The molecule has 0 radical (unpaired) electrons. The summed E-state index contributed by atoms with van der Waals surface area (Å²) in [7, 11) is 0. The van der Waals surface area contributed by atoms with Gasteiger partial charge in [0.1, 0.15) is 6.54 Å². The first-order valence-corrected chi connectivity index (χ1v) is 7.77. The summed E-state index contributed by atoms with van der Waals surface area (Å²) in [5.74, 6) is -0.820. The number of carbonyl (C=O) groups excluding carboxylic acids is 1. The Bertz CT molecular complexity index is 553. The molecule has 120 valence electrons. The number of aliphatic carboxylic acids is 1. The minimum atomic E-state index is -0.848. The van der Waals surface area contributed by atoms with Crippen molar-refractivity contribution in [3.63, 3.8) is 0 Å². The van der Waals surface area contributed by atoms with Gasteiger partial charge >= 0.3 is 5.97 Å². The van der Waals surface area contributed by atoms with Gasteiger partial charge in [-0.1, -0.05) is 0 Å². The van der Waals surface area contributed by atoms with Gasteiger partial charge in [0.2, 0.25) is 5.91 Å². The lowest BCUT2D eigenvalue weighted by Gasteiger charge is -2.28. The Hall–Kier alpha value is -1.89. The fourth-order valence-electron chi connectivity index (χ4n) is 2.76. The summed E-state index contributed by atoms with van der Waals surface area (Å²) in [5.41, 5.74) is 0.724. The van der Waals surface area contributed by atoms with Gasteiger partial charge in [-0.15, -0.1) is 0 Å². The van der Waals surface area contributed by atoms with E-state index in [9.17, 15) is 14.7 Å². The minimum absolute atomic E-state index is 0.0686. The molecule has 1 aromatic heterocycles. The standard InChI is InChI=1S/C15H21N3O4/c19-13(16-6-10-3-4-10)9-18-8-11(7-17-18)14-12(15(20)21)2-1-5-22-14/h7-8,10,12,14H,1-6,9H2,(H,16,19)(H,20,21)/t12-,14+/m1/s1. The van der Waals surface area contributed by atoms with Crippen molar-refractivity contribution in [1.82, 2.24) is 15.1 Å². The highest BCUT2D eigenvalue weighted by Crippen LogP contribution is 2.33. The second-order valence-electron chi connectivity index (χ2n) is 6.10. The highest BCUT2D eigenvalue weighted by Gasteiger charge is 2.33. The van der Waals surface area contributed by atoms with Crippen molar-refractivity contribution in [2.75, 3.05) is 13.2 Å². The summed E-state index contributed by atoms with van der Waals surface area (Å²) in [5, 5.41) is 16.3. The predicted molar refractivity (Wildman–Crippen MR) is 77.0 cm³/mol. The number of amides is 1. The van der Waals surface area contributed by atoms with Crippen LogP contribution in [0.15, 0.2) is 12.4 Å². The van der Waals surface area contributed by atoms with E-state index in [4.69, 9.17) is 4.74 Å². The van der Waals surface area contributed by atoms with Crippen molar-refractivity contribution < 1.29 is 19.4 Å². The first-order chi connectivity index (χ1) is 10.6. The van der Waals surface area contributed by atoms with Gasteiger partial charge in [-0.25, -0.2) is 0 Å². The number of nitrogens with zero attached hydrogens (tertiary/aromatic N) is 2. The first-order valence-electron chi connectivity index (χ1n) is 7.77. The second kappa shape index (κ2) is 6.48. The van der Waals surface area contributed by atoms with E-state index in [0.29, 0.717) is 18.9 Å². The summed E-state index contributed by atoms with van der Waals surface area (Å²) in [4.78, 5) is 23.1. The van der Waals surface area contributed by atoms with Crippen molar-refractivity contribution in [1.29, 1.82) is 0 Å². The van der Waals surface area contributed by atoms with Crippen molar-refractivity contribution in [2.45, 2.75) is 38.3 Å². The van der Waals surface area contributed by atoms with Crippen LogP contribution in [0, 0.1) is 11.8 Å². The summed E-state index contributed by atoms with van der Waals surface area (Å²) in [6.07, 6.45) is 6.58. The Balaban J connectivity index is 1.59. The fourth-order valence-corrected chi connectivity index (χ4v) is 2.76. The summed E-state index contributed by atoms with van der Waals surface area (Å²) in [6, 6.07) is 0. The topological polar surface area (TPSA) is 93.5 Å². The van der Waals surface area contributed by atoms with Crippen LogP contribution in [0.25, 0.3) is 0 Å². The molecular weight excluding hydrogens is 286 g/mol. The third kappa shape index (κ3) is 3.65. The molecular formula is C15H21N3O4. The molecule has 2 fully saturated rings. The molecule has 1 amide bonds. The van der Waals surface area contributed by atoms with Crippen LogP contribution in [0.2, 0.25) is 0 Å². The van der Waals surface area contributed by atoms with Crippen molar-refractivity contribution in [2.24, 2.45) is 11.8 Å². The van der Waals surface area contributed by atoms with E-state index in [2.05, 4.69) is 10.4 Å². The number of hydrogen-bond acceptors (Lipinski definition) is 4. The van der Waals surface area contributed by atoms with E-state index in [0.717, 1.165) is 18.5 Å². The zero-order valence-electron chi connectivity index (χ0n) is 12.4. The van der Waals surface area contributed by atoms with Crippen molar-refractivity contribution in [3.05, 3.63) is 18.0 Å². The maximum absolute atomic E-state index is 11.8. The highest BCUT2D eigenvalue weighted by molar-refractivity contribution is 5.75.